The Morgan fingerprint density at radius 1 is 1.36 bits per heavy atom. The Bertz CT molecular complexity index is 509. The molecule has 120 valence electrons. The fourth-order valence-electron chi connectivity index (χ4n) is 2.63. The second-order valence-corrected chi connectivity index (χ2v) is 6.69. The van der Waals surface area contributed by atoms with Crippen LogP contribution < -0.4 is 10.6 Å². The summed E-state index contributed by atoms with van der Waals surface area (Å²) < 4.78 is 0. The lowest BCUT2D eigenvalue weighted by molar-refractivity contribution is -0.125. The number of hydrogen-bond donors (Lipinski definition) is 2. The van der Waals surface area contributed by atoms with Gasteiger partial charge in [0.15, 0.2) is 0 Å². The number of urea groups is 1. The van der Waals surface area contributed by atoms with Crippen LogP contribution in [-0.4, -0.2) is 48.0 Å². The first-order valence-electron chi connectivity index (χ1n) is 7.58. The molecule has 1 aliphatic rings. The number of thioether (sulfide) groups is 1. The monoisotopic (exact) mass is 321 g/mol. The summed E-state index contributed by atoms with van der Waals surface area (Å²) in [5, 5.41) is 5.39. The molecule has 1 aromatic rings. The lowest BCUT2D eigenvalue weighted by Crippen LogP contribution is -2.49. The molecule has 2 N–H and O–H groups in total. The van der Waals surface area contributed by atoms with E-state index in [4.69, 9.17) is 0 Å². The van der Waals surface area contributed by atoms with Crippen LogP contribution in [0.2, 0.25) is 0 Å². The van der Waals surface area contributed by atoms with Gasteiger partial charge in [-0.15, -0.1) is 0 Å². The summed E-state index contributed by atoms with van der Waals surface area (Å²) in [5.41, 5.74) is 0.922. The van der Waals surface area contributed by atoms with Crippen molar-refractivity contribution in [1.29, 1.82) is 0 Å². The van der Waals surface area contributed by atoms with Gasteiger partial charge in [0.25, 0.3) is 0 Å². The molecule has 1 aliphatic heterocycles. The molecular weight excluding hydrogens is 298 g/mol. The van der Waals surface area contributed by atoms with E-state index in [1.165, 1.54) is 7.05 Å². The van der Waals surface area contributed by atoms with Crippen molar-refractivity contribution in [3.63, 3.8) is 0 Å². The van der Waals surface area contributed by atoms with E-state index in [0.29, 0.717) is 5.25 Å². The summed E-state index contributed by atoms with van der Waals surface area (Å²) >= 11 is 1.96. The molecule has 0 spiro atoms. The SMILES string of the molecule is CC[C@H]1CN([C@@H](C(=O)NC(=O)NC)c2ccccc2)CCS1. The number of benzene rings is 1. The standard InChI is InChI=1S/C16H23N3O2S/c1-3-13-11-19(9-10-22-13)14(12-7-5-4-6-8-12)15(20)18-16(21)17-2/h4-8,13-14H,3,9-11H2,1-2H3,(H2,17,18,20,21)/t13-,14+/m0/s1. The zero-order valence-electron chi connectivity index (χ0n) is 13.0. The van der Waals surface area contributed by atoms with Gasteiger partial charge in [0.2, 0.25) is 5.91 Å². The minimum Gasteiger partial charge on any atom is -0.341 e. The van der Waals surface area contributed by atoms with Crippen molar-refractivity contribution in [1.82, 2.24) is 15.5 Å². The van der Waals surface area contributed by atoms with E-state index in [1.807, 2.05) is 42.1 Å². The maximum Gasteiger partial charge on any atom is 0.321 e. The first-order valence-corrected chi connectivity index (χ1v) is 8.63. The van der Waals surface area contributed by atoms with Gasteiger partial charge in [-0.05, 0) is 12.0 Å². The predicted octanol–water partition coefficient (Wildman–Crippen LogP) is 2.01. The highest BCUT2D eigenvalue weighted by Gasteiger charge is 2.32. The molecule has 0 saturated carbocycles. The van der Waals surface area contributed by atoms with Gasteiger partial charge in [-0.1, -0.05) is 37.3 Å². The lowest BCUT2D eigenvalue weighted by atomic mass is 10.0. The first kappa shape index (κ1) is 16.8. The Morgan fingerprint density at radius 3 is 2.73 bits per heavy atom. The third-order valence-corrected chi connectivity index (χ3v) is 5.19. The van der Waals surface area contributed by atoms with Crippen molar-refractivity contribution in [2.75, 3.05) is 25.9 Å². The Morgan fingerprint density at radius 2 is 2.09 bits per heavy atom. The van der Waals surface area contributed by atoms with Crippen molar-refractivity contribution in [2.24, 2.45) is 0 Å². The molecule has 2 atom stereocenters. The number of hydrogen-bond acceptors (Lipinski definition) is 4. The maximum atomic E-state index is 12.6. The lowest BCUT2D eigenvalue weighted by Gasteiger charge is -2.37. The average Bonchev–Trinajstić information content (AvgIpc) is 2.56. The smallest absolute Gasteiger partial charge is 0.321 e. The second-order valence-electron chi connectivity index (χ2n) is 5.28. The molecule has 22 heavy (non-hydrogen) atoms. The number of carbonyl (C=O) groups excluding carboxylic acids is 2. The van der Waals surface area contributed by atoms with E-state index in [1.54, 1.807) is 0 Å². The predicted molar refractivity (Wildman–Crippen MR) is 89.9 cm³/mol. The molecule has 0 radical (unpaired) electrons. The number of carbonyl (C=O) groups is 2. The zero-order chi connectivity index (χ0) is 15.9. The molecule has 0 aromatic heterocycles. The van der Waals surface area contributed by atoms with E-state index < -0.39 is 12.1 Å². The fraction of sp³-hybridized carbons (Fsp3) is 0.500. The number of nitrogens with one attached hydrogen (secondary N) is 2. The molecule has 0 aliphatic carbocycles. The van der Waals surface area contributed by atoms with E-state index >= 15 is 0 Å². The van der Waals surface area contributed by atoms with Crippen molar-refractivity contribution in [3.8, 4) is 0 Å². The van der Waals surface area contributed by atoms with Crippen LogP contribution in [0.4, 0.5) is 4.79 Å². The molecule has 1 aromatic carbocycles. The second kappa shape index (κ2) is 8.19. The molecule has 0 bridgehead atoms. The minimum atomic E-state index is -0.468. The van der Waals surface area contributed by atoms with Crippen LogP contribution in [0.15, 0.2) is 30.3 Å². The summed E-state index contributed by atoms with van der Waals surface area (Å²) in [5.74, 6) is 0.738. The summed E-state index contributed by atoms with van der Waals surface area (Å²) in [6, 6.07) is 8.76. The Labute approximate surface area is 135 Å². The summed E-state index contributed by atoms with van der Waals surface area (Å²) in [6.45, 7) is 3.88. The Hall–Kier alpha value is -1.53. The fourth-order valence-corrected chi connectivity index (χ4v) is 3.84. The number of amides is 3. The molecule has 0 unspecified atom stereocenters. The van der Waals surface area contributed by atoms with Crippen LogP contribution in [0.5, 0.6) is 0 Å². The largest absolute Gasteiger partial charge is 0.341 e. The van der Waals surface area contributed by atoms with Gasteiger partial charge >= 0.3 is 6.03 Å². The molecule has 5 nitrogen and oxygen atoms in total. The van der Waals surface area contributed by atoms with Gasteiger partial charge in [-0.3, -0.25) is 15.0 Å². The maximum absolute atomic E-state index is 12.6. The molecular formula is C16H23N3O2S. The molecule has 1 fully saturated rings. The van der Waals surface area contributed by atoms with Gasteiger partial charge in [0, 0.05) is 31.1 Å². The number of nitrogens with zero attached hydrogens (tertiary/aromatic N) is 1. The topological polar surface area (TPSA) is 61.4 Å². The van der Waals surface area contributed by atoms with E-state index in [0.717, 1.165) is 30.8 Å². The quantitative estimate of drug-likeness (QED) is 0.890. The molecule has 6 heteroatoms. The summed E-state index contributed by atoms with van der Waals surface area (Å²) in [6.07, 6.45) is 1.08. The third kappa shape index (κ3) is 4.24. The van der Waals surface area contributed by atoms with E-state index in [2.05, 4.69) is 22.5 Å². The van der Waals surface area contributed by atoms with Crippen LogP contribution in [0.1, 0.15) is 24.9 Å². The summed E-state index contributed by atoms with van der Waals surface area (Å²) in [7, 11) is 1.50. The van der Waals surface area contributed by atoms with Gasteiger partial charge in [0.1, 0.15) is 6.04 Å². The summed E-state index contributed by atoms with van der Waals surface area (Å²) in [4.78, 5) is 26.3. The van der Waals surface area contributed by atoms with Crippen LogP contribution in [0.3, 0.4) is 0 Å². The first-order chi connectivity index (χ1) is 10.7. The van der Waals surface area contributed by atoms with Crippen LogP contribution in [0, 0.1) is 0 Å². The molecule has 2 rings (SSSR count). The third-order valence-electron chi connectivity index (χ3n) is 3.82. The highest BCUT2D eigenvalue weighted by Crippen LogP contribution is 2.28. The zero-order valence-corrected chi connectivity index (χ0v) is 13.9. The van der Waals surface area contributed by atoms with Crippen molar-refractivity contribution in [3.05, 3.63) is 35.9 Å². The number of imide groups is 1. The van der Waals surface area contributed by atoms with Crippen LogP contribution >= 0.6 is 11.8 Å². The van der Waals surface area contributed by atoms with Gasteiger partial charge in [-0.2, -0.15) is 11.8 Å². The highest BCUT2D eigenvalue weighted by molar-refractivity contribution is 8.00. The van der Waals surface area contributed by atoms with Crippen molar-refractivity contribution in [2.45, 2.75) is 24.6 Å². The Balaban J connectivity index is 2.21. The van der Waals surface area contributed by atoms with E-state index in [-0.39, 0.29) is 5.91 Å². The molecule has 3 amide bonds. The van der Waals surface area contributed by atoms with Crippen molar-refractivity contribution >= 4 is 23.7 Å². The highest BCUT2D eigenvalue weighted by atomic mass is 32.2. The van der Waals surface area contributed by atoms with Crippen LogP contribution in [-0.2, 0) is 4.79 Å². The van der Waals surface area contributed by atoms with Crippen LogP contribution in [0.25, 0.3) is 0 Å². The Kier molecular flexibility index (Phi) is 6.27. The van der Waals surface area contributed by atoms with E-state index in [9.17, 15) is 9.59 Å². The molecule has 1 saturated heterocycles. The van der Waals surface area contributed by atoms with Crippen molar-refractivity contribution < 1.29 is 9.59 Å². The van der Waals surface area contributed by atoms with Gasteiger partial charge in [-0.25, -0.2) is 4.79 Å². The average molecular weight is 321 g/mol. The molecule has 1 heterocycles. The van der Waals surface area contributed by atoms with Gasteiger partial charge in [0.05, 0.1) is 0 Å². The minimum absolute atomic E-state index is 0.271. The van der Waals surface area contributed by atoms with Gasteiger partial charge < -0.3 is 5.32 Å². The normalized spacial score (nSPS) is 20.2. The number of rotatable bonds is 4.